The average molecular weight is 410 g/mol. The molecule has 0 atom stereocenters. The Labute approximate surface area is 183 Å². The lowest BCUT2D eigenvalue weighted by molar-refractivity contribution is 1.66. The molecule has 4 rings (SSSR count). The van der Waals surface area contributed by atoms with Gasteiger partial charge in [0.25, 0.3) is 0 Å². The van der Waals surface area contributed by atoms with Crippen molar-refractivity contribution in [3.8, 4) is 0 Å². The van der Waals surface area contributed by atoms with Crippen LogP contribution >= 0.6 is 7.26 Å². The van der Waals surface area contributed by atoms with Crippen molar-refractivity contribution in [3.63, 3.8) is 0 Å². The van der Waals surface area contributed by atoms with Crippen molar-refractivity contribution in [2.75, 3.05) is 20.0 Å². The van der Waals surface area contributed by atoms with Gasteiger partial charge in [-0.2, -0.15) is 6.82 Å². The quantitative estimate of drug-likeness (QED) is 0.328. The fourth-order valence-corrected chi connectivity index (χ4v) is 5.03. The zero-order valence-electron chi connectivity index (χ0n) is 18.6. The van der Waals surface area contributed by atoms with E-state index in [1.807, 2.05) is 0 Å². The van der Waals surface area contributed by atoms with Gasteiger partial charge in [0.1, 0.15) is 0 Å². The molecule has 0 aromatic heterocycles. The van der Waals surface area contributed by atoms with Gasteiger partial charge in [-0.05, 0) is 12.1 Å². The largest absolute Gasteiger partial charge is 0.200 e. The van der Waals surface area contributed by atoms with E-state index >= 15 is 0 Å². The highest BCUT2D eigenvalue weighted by atomic mass is 31.2. The van der Waals surface area contributed by atoms with Gasteiger partial charge in [0, 0.05) is 7.26 Å². The SMILES string of the molecule is C[B-](c1ccccc1)(c1ccccc1)c1ccccc1.C[P+](C)(C)c1ccccc1. The van der Waals surface area contributed by atoms with E-state index in [0.717, 1.165) is 0 Å². The Balaban J connectivity index is 0.000000216. The van der Waals surface area contributed by atoms with E-state index in [1.54, 1.807) is 0 Å². The standard InChI is InChI=1S/C19H18B.C9H14P/c1-20(17-11-5-2-6-12-17,18-13-7-3-8-14-18)19-15-9-4-10-16-19;1-10(2,3)9-7-5-4-6-8-9/h2-16H,1H3;4-8H,1-3H3/q-1;+1. The number of hydrogen-bond acceptors (Lipinski definition) is 0. The molecule has 0 saturated heterocycles. The molecule has 0 aliphatic carbocycles. The van der Waals surface area contributed by atoms with Crippen LogP contribution in [0.5, 0.6) is 0 Å². The van der Waals surface area contributed by atoms with Crippen molar-refractivity contribution >= 4 is 35.1 Å². The Hall–Kier alpha value is -2.63. The lowest BCUT2D eigenvalue weighted by atomic mass is 9.17. The second kappa shape index (κ2) is 9.92. The Morgan fingerprint density at radius 1 is 0.433 bits per heavy atom. The van der Waals surface area contributed by atoms with Gasteiger partial charge < -0.3 is 0 Å². The fraction of sp³-hybridized carbons (Fsp3) is 0.143. The molecule has 0 aliphatic rings. The summed E-state index contributed by atoms with van der Waals surface area (Å²) < 4.78 is 0. The molecule has 0 amide bonds. The van der Waals surface area contributed by atoms with Gasteiger partial charge in [-0.1, -0.05) is 109 Å². The first kappa shape index (κ1) is 22.1. The van der Waals surface area contributed by atoms with Crippen molar-refractivity contribution in [2.45, 2.75) is 6.82 Å². The van der Waals surface area contributed by atoms with E-state index in [1.165, 1.54) is 21.7 Å². The third-order valence-electron chi connectivity index (χ3n) is 5.93. The van der Waals surface area contributed by atoms with Gasteiger partial charge in [0.2, 0.25) is 0 Å². The first-order chi connectivity index (χ1) is 14.4. The van der Waals surface area contributed by atoms with Gasteiger partial charge in [-0.3, -0.25) is 0 Å². The lowest BCUT2D eigenvalue weighted by Crippen LogP contribution is -2.64. The maximum atomic E-state index is 2.36. The first-order valence-electron chi connectivity index (χ1n) is 10.7. The molecule has 0 aliphatic heterocycles. The molecule has 0 saturated carbocycles. The number of hydrogen-bond donors (Lipinski definition) is 0. The second-order valence-corrected chi connectivity index (χ2v) is 13.4. The zero-order valence-corrected chi connectivity index (χ0v) is 19.5. The Kier molecular flexibility index (Phi) is 7.30. The van der Waals surface area contributed by atoms with Crippen molar-refractivity contribution < 1.29 is 0 Å². The van der Waals surface area contributed by atoms with Crippen LogP contribution in [-0.4, -0.2) is 26.1 Å². The third-order valence-corrected chi connectivity index (χ3v) is 7.78. The molecular formula is C28H32BP. The van der Waals surface area contributed by atoms with Gasteiger partial charge in [0.15, 0.2) is 0 Å². The maximum absolute atomic E-state index is 2.36. The summed E-state index contributed by atoms with van der Waals surface area (Å²) >= 11 is 0. The summed E-state index contributed by atoms with van der Waals surface area (Å²) in [6.45, 7) is 9.37. The summed E-state index contributed by atoms with van der Waals surface area (Å²) in [4.78, 5) is 0. The molecule has 0 unspecified atom stereocenters. The predicted octanol–water partition coefficient (Wildman–Crippen LogP) is 5.01. The molecule has 0 fully saturated rings. The second-order valence-electron chi connectivity index (χ2n) is 8.88. The summed E-state index contributed by atoms with van der Waals surface area (Å²) in [5.41, 5.74) is 4.14. The smallest absolute Gasteiger partial charge is 0.0930 e. The molecule has 0 bridgehead atoms. The molecule has 0 spiro atoms. The van der Waals surface area contributed by atoms with Crippen LogP contribution in [0.2, 0.25) is 6.82 Å². The highest BCUT2D eigenvalue weighted by molar-refractivity contribution is 7.80. The number of benzene rings is 4. The summed E-state index contributed by atoms with van der Waals surface area (Å²) in [6.07, 6.45) is -0.912. The van der Waals surface area contributed by atoms with Crippen LogP contribution in [-0.2, 0) is 0 Å². The van der Waals surface area contributed by atoms with Crippen LogP contribution in [0.3, 0.4) is 0 Å². The fourth-order valence-electron chi connectivity index (χ4n) is 3.97. The van der Waals surface area contributed by atoms with E-state index < -0.39 is 13.4 Å². The van der Waals surface area contributed by atoms with E-state index in [-0.39, 0.29) is 0 Å². The first-order valence-corrected chi connectivity index (χ1v) is 13.8. The van der Waals surface area contributed by atoms with Crippen LogP contribution in [0, 0.1) is 0 Å². The van der Waals surface area contributed by atoms with Crippen LogP contribution in [0.15, 0.2) is 121 Å². The lowest BCUT2D eigenvalue weighted by Gasteiger charge is -2.39. The summed E-state index contributed by atoms with van der Waals surface area (Å²) in [6, 6.07) is 43.1. The van der Waals surface area contributed by atoms with Gasteiger partial charge >= 0.3 is 0 Å². The van der Waals surface area contributed by atoms with Crippen LogP contribution in [0.25, 0.3) is 0 Å². The van der Waals surface area contributed by atoms with Gasteiger partial charge in [-0.25, -0.2) is 16.4 Å². The van der Waals surface area contributed by atoms with Gasteiger partial charge in [0.05, 0.1) is 31.4 Å². The third kappa shape index (κ3) is 5.29. The molecule has 4 aromatic rings. The summed E-state index contributed by atoms with van der Waals surface area (Å²) in [5.74, 6) is 0. The van der Waals surface area contributed by atoms with E-state index in [2.05, 4.69) is 148 Å². The van der Waals surface area contributed by atoms with Gasteiger partial charge in [-0.15, -0.1) is 0 Å². The number of rotatable bonds is 4. The van der Waals surface area contributed by atoms with E-state index in [0.29, 0.717) is 0 Å². The molecule has 2 heteroatoms. The van der Waals surface area contributed by atoms with E-state index in [9.17, 15) is 0 Å². The minimum absolute atomic E-state index is 0.768. The highest BCUT2D eigenvalue weighted by Gasteiger charge is 2.24. The topological polar surface area (TPSA) is 0 Å². The molecule has 0 heterocycles. The van der Waals surface area contributed by atoms with Crippen LogP contribution in [0.1, 0.15) is 0 Å². The van der Waals surface area contributed by atoms with Crippen molar-refractivity contribution in [2.24, 2.45) is 0 Å². The molecule has 0 nitrogen and oxygen atoms in total. The summed E-state index contributed by atoms with van der Waals surface area (Å²) in [7, 11) is -0.768. The predicted molar refractivity (Wildman–Crippen MR) is 141 cm³/mol. The highest BCUT2D eigenvalue weighted by Crippen LogP contribution is 2.44. The minimum atomic E-state index is -0.912. The molecular weight excluding hydrogens is 378 g/mol. The zero-order chi connectivity index (χ0) is 21.5. The molecule has 152 valence electrons. The molecule has 30 heavy (non-hydrogen) atoms. The maximum Gasteiger partial charge on any atom is 0.0930 e. The molecule has 0 N–H and O–H groups in total. The normalized spacial score (nSPS) is 11.3. The average Bonchev–Trinajstić information content (AvgIpc) is 2.81. The van der Waals surface area contributed by atoms with Crippen molar-refractivity contribution in [1.82, 2.24) is 0 Å². The van der Waals surface area contributed by atoms with Crippen molar-refractivity contribution in [1.29, 1.82) is 0 Å². The molecule has 0 radical (unpaired) electrons. The van der Waals surface area contributed by atoms with Crippen molar-refractivity contribution in [3.05, 3.63) is 121 Å². The van der Waals surface area contributed by atoms with Crippen LogP contribution < -0.4 is 21.7 Å². The minimum Gasteiger partial charge on any atom is -0.200 e. The summed E-state index contributed by atoms with van der Waals surface area (Å²) in [5, 5.41) is 1.51. The van der Waals surface area contributed by atoms with Crippen LogP contribution in [0.4, 0.5) is 0 Å². The Morgan fingerprint density at radius 2 is 0.700 bits per heavy atom. The Bertz CT molecular complexity index is 911. The Morgan fingerprint density at radius 3 is 0.933 bits per heavy atom. The monoisotopic (exact) mass is 410 g/mol. The molecule has 4 aromatic carbocycles. The van der Waals surface area contributed by atoms with E-state index in [4.69, 9.17) is 0 Å².